The highest BCUT2D eigenvalue weighted by molar-refractivity contribution is 5.75. The number of aldehydes is 3. The highest BCUT2D eigenvalue weighted by Crippen LogP contribution is 2.17. The number of furan rings is 2. The van der Waals surface area contributed by atoms with E-state index in [1.165, 1.54) is 31.0 Å². The van der Waals surface area contributed by atoms with E-state index in [1.54, 1.807) is 6.07 Å². The van der Waals surface area contributed by atoms with Crippen molar-refractivity contribution in [3.8, 4) is 0 Å². The Morgan fingerprint density at radius 2 is 1.14 bits per heavy atom. The first-order chi connectivity index (χ1) is 17.0. The highest BCUT2D eigenvalue weighted by Gasteiger charge is 2.22. The molecule has 1 aliphatic heterocycles. The molecule has 2 atom stereocenters. The Morgan fingerprint density at radius 1 is 0.714 bits per heavy atom. The van der Waals surface area contributed by atoms with Crippen LogP contribution < -0.4 is 22.9 Å². The smallest absolute Gasteiger partial charge is 0.185 e. The van der Waals surface area contributed by atoms with Crippen LogP contribution >= 0.6 is 0 Å². The molecule has 0 saturated carbocycles. The zero-order valence-corrected chi connectivity index (χ0v) is 20.2. The second-order valence-corrected chi connectivity index (χ2v) is 7.48. The van der Waals surface area contributed by atoms with Crippen molar-refractivity contribution >= 4 is 18.9 Å². The van der Waals surface area contributed by atoms with Gasteiger partial charge in [0, 0.05) is 13.1 Å². The molecule has 1 fully saturated rings. The van der Waals surface area contributed by atoms with E-state index in [0.29, 0.717) is 37.7 Å². The fourth-order valence-corrected chi connectivity index (χ4v) is 2.81. The summed E-state index contributed by atoms with van der Waals surface area (Å²) < 4.78 is 14.8. The lowest BCUT2D eigenvalue weighted by Crippen LogP contribution is -2.24. The second kappa shape index (κ2) is 21.8. The lowest BCUT2D eigenvalue weighted by molar-refractivity contribution is 0.0555. The van der Waals surface area contributed by atoms with Crippen molar-refractivity contribution in [1.29, 1.82) is 0 Å². The van der Waals surface area contributed by atoms with Crippen LogP contribution in [-0.2, 0) is 11.3 Å². The molecule has 2 aromatic heterocycles. The summed E-state index contributed by atoms with van der Waals surface area (Å²) in [6.07, 6.45) is 9.20. The molecule has 3 heterocycles. The molecule has 3 rings (SSSR count). The van der Waals surface area contributed by atoms with Crippen LogP contribution in [0, 0.1) is 0 Å². The fourth-order valence-electron chi connectivity index (χ4n) is 2.81. The minimum atomic E-state index is -0.159. The fraction of sp³-hybridized carbons (Fsp3) is 0.542. The molecule has 0 spiro atoms. The van der Waals surface area contributed by atoms with Gasteiger partial charge in [-0.2, -0.15) is 0 Å². The summed E-state index contributed by atoms with van der Waals surface area (Å²) in [5.41, 5.74) is 21.3. The minimum absolute atomic E-state index is 0.159. The zero-order valence-electron chi connectivity index (χ0n) is 20.2. The number of hydrogen-bond acceptors (Lipinski definition) is 11. The first kappa shape index (κ1) is 32.3. The first-order valence-corrected chi connectivity index (χ1v) is 11.6. The van der Waals surface area contributed by atoms with Crippen LogP contribution in [0.5, 0.6) is 0 Å². The summed E-state index contributed by atoms with van der Waals surface area (Å²) in [6, 6.07) is 5.95. The van der Waals surface area contributed by atoms with Gasteiger partial charge in [-0.05, 0) is 63.0 Å². The van der Waals surface area contributed by atoms with Crippen molar-refractivity contribution in [2.24, 2.45) is 22.9 Å². The average Bonchev–Trinajstić information content (AvgIpc) is 3.68. The van der Waals surface area contributed by atoms with Gasteiger partial charge in [0.05, 0.1) is 12.2 Å². The number of nitrogens with two attached hydrogens (primary N) is 4. The van der Waals surface area contributed by atoms with Gasteiger partial charge >= 0.3 is 0 Å². The molecule has 0 amide bonds. The molecule has 1 saturated heterocycles. The van der Waals surface area contributed by atoms with Gasteiger partial charge in [0.1, 0.15) is 12.4 Å². The summed E-state index contributed by atoms with van der Waals surface area (Å²) in [7, 11) is 0. The molecule has 0 bridgehead atoms. The predicted molar refractivity (Wildman–Crippen MR) is 132 cm³/mol. The van der Waals surface area contributed by atoms with Crippen molar-refractivity contribution in [1.82, 2.24) is 0 Å². The van der Waals surface area contributed by atoms with Crippen molar-refractivity contribution in [3.63, 3.8) is 0 Å². The number of unbranched alkanes of at least 4 members (excludes halogenated alkanes) is 3. The van der Waals surface area contributed by atoms with Crippen LogP contribution in [0.1, 0.15) is 75.9 Å². The molecule has 11 heteroatoms. The average molecular weight is 497 g/mol. The van der Waals surface area contributed by atoms with Gasteiger partial charge in [0.2, 0.25) is 0 Å². The molecule has 198 valence electrons. The number of carbonyl (C=O) groups is 3. The maximum Gasteiger partial charge on any atom is 0.185 e. The Morgan fingerprint density at radius 3 is 1.40 bits per heavy atom. The Labute approximate surface area is 206 Å². The maximum atomic E-state index is 9.96. The molecule has 1 aliphatic rings. The van der Waals surface area contributed by atoms with Crippen LogP contribution in [-0.4, -0.2) is 62.4 Å². The topological polar surface area (TPSA) is 211 Å². The molecule has 0 aliphatic carbocycles. The molecule has 2 unspecified atom stereocenters. The number of hydrogen-bond donors (Lipinski definition) is 5. The van der Waals surface area contributed by atoms with Gasteiger partial charge in [-0.1, -0.05) is 12.8 Å². The van der Waals surface area contributed by atoms with Gasteiger partial charge in [-0.25, -0.2) is 0 Å². The van der Waals surface area contributed by atoms with Crippen LogP contribution in [0.4, 0.5) is 0 Å². The molecule has 0 radical (unpaired) electrons. The van der Waals surface area contributed by atoms with Crippen molar-refractivity contribution < 1.29 is 33.1 Å². The van der Waals surface area contributed by atoms with Crippen molar-refractivity contribution in [2.75, 3.05) is 26.2 Å². The number of aliphatic hydroxyl groups is 1. The van der Waals surface area contributed by atoms with Crippen molar-refractivity contribution in [3.05, 3.63) is 47.3 Å². The first-order valence-electron chi connectivity index (χ1n) is 11.6. The number of carbonyl (C=O) groups excluding carboxylic acids is 3. The summed E-state index contributed by atoms with van der Waals surface area (Å²) >= 11 is 0. The second-order valence-electron chi connectivity index (χ2n) is 7.48. The van der Waals surface area contributed by atoms with Crippen LogP contribution in [0.3, 0.4) is 0 Å². The molecule has 2 aromatic rings. The molecular weight excluding hydrogens is 456 g/mol. The van der Waals surface area contributed by atoms with Gasteiger partial charge in [-0.15, -0.1) is 0 Å². The normalized spacial score (nSPS) is 16.0. The quantitative estimate of drug-likeness (QED) is 0.221. The maximum absolute atomic E-state index is 9.96. The van der Waals surface area contributed by atoms with E-state index in [0.717, 1.165) is 38.8 Å². The van der Waals surface area contributed by atoms with Gasteiger partial charge in [0.15, 0.2) is 36.1 Å². The third-order valence-electron chi connectivity index (χ3n) is 4.71. The minimum Gasteiger partial charge on any atom is -0.456 e. The SMILES string of the molecule is NCC1CCC(CN)O1.NCCCCCCN.O=Cc1ccc(C=O)o1.O=Cc1ccc(CO)o1. The Kier molecular flexibility index (Phi) is 20.2. The Balaban J connectivity index is 0.000000441. The number of rotatable bonds is 11. The van der Waals surface area contributed by atoms with Crippen LogP contribution in [0.15, 0.2) is 33.1 Å². The van der Waals surface area contributed by atoms with Crippen molar-refractivity contribution in [2.45, 2.75) is 57.3 Å². The largest absolute Gasteiger partial charge is 0.456 e. The van der Waals surface area contributed by atoms with E-state index in [2.05, 4.69) is 4.42 Å². The summed E-state index contributed by atoms with van der Waals surface area (Å²) in [5, 5.41) is 8.44. The van der Waals surface area contributed by atoms with Gasteiger partial charge < -0.3 is 41.6 Å². The van der Waals surface area contributed by atoms with Crippen LogP contribution in [0.25, 0.3) is 0 Å². The van der Waals surface area contributed by atoms with E-state index in [1.807, 2.05) is 0 Å². The lowest BCUT2D eigenvalue weighted by Gasteiger charge is -2.08. The van der Waals surface area contributed by atoms with E-state index < -0.39 is 0 Å². The standard InChI is InChI=1S/C6H14N2O.C6H16N2.C6H6O3.C6H4O3/c7-3-5-1-2-6(4-8)9-5;7-5-3-1-2-4-6-8;2*7-3-5-1-2-6(4-8)9-5/h5-6H,1-4,7-8H2;1-8H2;1-3,8H,4H2;1-4H. The van der Waals surface area contributed by atoms with Gasteiger partial charge in [-0.3, -0.25) is 14.4 Å². The van der Waals surface area contributed by atoms with Gasteiger partial charge in [0.25, 0.3) is 0 Å². The molecule has 9 N–H and O–H groups in total. The molecule has 35 heavy (non-hydrogen) atoms. The highest BCUT2D eigenvalue weighted by atomic mass is 16.5. The van der Waals surface area contributed by atoms with E-state index >= 15 is 0 Å². The molecule has 0 aromatic carbocycles. The Bertz CT molecular complexity index is 756. The van der Waals surface area contributed by atoms with E-state index in [-0.39, 0.29) is 36.1 Å². The Hall–Kier alpha value is -2.67. The number of ether oxygens (including phenoxy) is 1. The third-order valence-corrected chi connectivity index (χ3v) is 4.71. The van der Waals surface area contributed by atoms with E-state index in [9.17, 15) is 14.4 Å². The third kappa shape index (κ3) is 15.8. The predicted octanol–water partition coefficient (Wildman–Crippen LogP) is 1.40. The van der Waals surface area contributed by atoms with E-state index in [4.69, 9.17) is 37.2 Å². The summed E-state index contributed by atoms with van der Waals surface area (Å²) in [4.78, 5) is 29.8. The zero-order chi connectivity index (χ0) is 26.3. The summed E-state index contributed by atoms with van der Waals surface area (Å²) in [5.74, 6) is 1.02. The molecular formula is C24H40N4O7. The summed E-state index contributed by atoms with van der Waals surface area (Å²) in [6.45, 7) is 2.76. The lowest BCUT2D eigenvalue weighted by atomic mass is 10.2. The van der Waals surface area contributed by atoms with Crippen LogP contribution in [0.2, 0.25) is 0 Å². The number of aliphatic hydroxyl groups excluding tert-OH is 1. The monoisotopic (exact) mass is 496 g/mol. The molecule has 11 nitrogen and oxygen atoms in total.